The minimum Gasteiger partial charge on any atom is -0.355 e. The Morgan fingerprint density at radius 3 is 1.92 bits per heavy atom. The zero-order valence-electron chi connectivity index (χ0n) is 14.7. The third-order valence-corrected chi connectivity index (χ3v) is 4.31. The fourth-order valence-electron chi connectivity index (χ4n) is 3.01. The summed E-state index contributed by atoms with van der Waals surface area (Å²) in [5.74, 6) is 0.319. The van der Waals surface area contributed by atoms with Crippen LogP contribution >= 0.6 is 0 Å². The van der Waals surface area contributed by atoms with Crippen LogP contribution in [-0.2, 0) is 17.6 Å². The summed E-state index contributed by atoms with van der Waals surface area (Å²) < 4.78 is 0. The maximum absolute atomic E-state index is 12.3. The molecule has 1 atom stereocenters. The molecular formula is C21H29N3O. The van der Waals surface area contributed by atoms with E-state index in [-0.39, 0.29) is 17.9 Å². The summed E-state index contributed by atoms with van der Waals surface area (Å²) in [6.07, 6.45) is 2.99. The second-order valence-electron chi connectivity index (χ2n) is 6.59. The van der Waals surface area contributed by atoms with Crippen molar-refractivity contribution in [1.29, 1.82) is 0 Å². The summed E-state index contributed by atoms with van der Waals surface area (Å²) in [6.45, 7) is 1.03. The molecule has 2 aromatic carbocycles. The average molecular weight is 339 g/mol. The Balaban J connectivity index is 1.94. The molecule has 1 unspecified atom stereocenters. The maximum Gasteiger partial charge on any atom is 0.220 e. The van der Waals surface area contributed by atoms with Gasteiger partial charge in [-0.25, -0.2) is 0 Å². The Kier molecular flexibility index (Phi) is 8.16. The predicted molar refractivity (Wildman–Crippen MR) is 103 cm³/mol. The molecule has 0 aliphatic rings. The quantitative estimate of drug-likeness (QED) is 0.621. The van der Waals surface area contributed by atoms with Gasteiger partial charge in [-0.3, -0.25) is 4.79 Å². The average Bonchev–Trinajstić information content (AvgIpc) is 2.62. The molecule has 0 aliphatic carbocycles. The van der Waals surface area contributed by atoms with Crippen molar-refractivity contribution in [3.63, 3.8) is 0 Å². The van der Waals surface area contributed by atoms with Gasteiger partial charge >= 0.3 is 0 Å². The minimum atomic E-state index is -0.0735. The van der Waals surface area contributed by atoms with Crippen molar-refractivity contribution in [3.8, 4) is 0 Å². The predicted octanol–water partition coefficient (Wildman–Crippen LogP) is 2.27. The van der Waals surface area contributed by atoms with Gasteiger partial charge in [0.25, 0.3) is 0 Å². The molecule has 0 saturated heterocycles. The molecule has 2 rings (SSSR count). The van der Waals surface area contributed by atoms with E-state index in [9.17, 15) is 4.79 Å². The molecule has 0 fully saturated rings. The van der Waals surface area contributed by atoms with E-state index >= 15 is 0 Å². The first-order valence-corrected chi connectivity index (χ1v) is 8.97. The van der Waals surface area contributed by atoms with Gasteiger partial charge in [-0.2, -0.15) is 0 Å². The molecule has 4 heteroatoms. The second-order valence-corrected chi connectivity index (χ2v) is 6.59. The van der Waals surface area contributed by atoms with Gasteiger partial charge in [0.15, 0.2) is 0 Å². The highest BCUT2D eigenvalue weighted by atomic mass is 16.1. The third kappa shape index (κ3) is 7.50. The SMILES string of the molecule is NCCC(N)CNC(=O)CC(Cc1ccccc1)Cc1ccccc1. The van der Waals surface area contributed by atoms with Gasteiger partial charge in [0.2, 0.25) is 5.91 Å². The molecule has 25 heavy (non-hydrogen) atoms. The fraction of sp³-hybridized carbons (Fsp3) is 0.381. The van der Waals surface area contributed by atoms with Crippen LogP contribution < -0.4 is 16.8 Å². The highest BCUT2D eigenvalue weighted by Crippen LogP contribution is 2.18. The van der Waals surface area contributed by atoms with Crippen molar-refractivity contribution in [1.82, 2.24) is 5.32 Å². The van der Waals surface area contributed by atoms with Gasteiger partial charge in [0, 0.05) is 19.0 Å². The number of amides is 1. The lowest BCUT2D eigenvalue weighted by atomic mass is 9.89. The second kappa shape index (κ2) is 10.6. The monoisotopic (exact) mass is 339 g/mol. The zero-order valence-corrected chi connectivity index (χ0v) is 14.7. The van der Waals surface area contributed by atoms with E-state index < -0.39 is 0 Å². The van der Waals surface area contributed by atoms with E-state index in [0.29, 0.717) is 19.5 Å². The molecule has 2 aromatic rings. The lowest BCUT2D eigenvalue weighted by Gasteiger charge is -2.18. The Morgan fingerprint density at radius 2 is 1.44 bits per heavy atom. The fourth-order valence-corrected chi connectivity index (χ4v) is 3.01. The Bertz CT molecular complexity index is 574. The van der Waals surface area contributed by atoms with Gasteiger partial charge < -0.3 is 16.8 Å². The van der Waals surface area contributed by atoms with Crippen molar-refractivity contribution in [2.45, 2.75) is 31.7 Å². The summed E-state index contributed by atoms with van der Waals surface area (Å²) in [5, 5.41) is 2.95. The van der Waals surface area contributed by atoms with Gasteiger partial charge in [-0.15, -0.1) is 0 Å². The minimum absolute atomic E-state index is 0.0596. The van der Waals surface area contributed by atoms with E-state index in [1.165, 1.54) is 11.1 Å². The first-order valence-electron chi connectivity index (χ1n) is 8.97. The van der Waals surface area contributed by atoms with Crippen LogP contribution in [0, 0.1) is 5.92 Å². The number of benzene rings is 2. The molecule has 134 valence electrons. The van der Waals surface area contributed by atoms with Crippen molar-refractivity contribution in [2.24, 2.45) is 17.4 Å². The molecule has 5 N–H and O–H groups in total. The standard InChI is InChI=1S/C21H29N3O/c22-12-11-20(23)16-24-21(25)15-19(13-17-7-3-1-4-8-17)14-18-9-5-2-6-10-18/h1-10,19-20H,11-16,22-23H2,(H,24,25). The number of hydrogen-bond donors (Lipinski definition) is 3. The van der Waals surface area contributed by atoms with Gasteiger partial charge in [0.05, 0.1) is 0 Å². The van der Waals surface area contributed by atoms with Crippen LogP contribution in [0.15, 0.2) is 60.7 Å². The molecule has 0 radical (unpaired) electrons. The molecule has 0 aliphatic heterocycles. The van der Waals surface area contributed by atoms with E-state index in [0.717, 1.165) is 19.3 Å². The molecule has 0 saturated carbocycles. The largest absolute Gasteiger partial charge is 0.355 e. The first kappa shape index (κ1) is 19.2. The molecule has 1 amide bonds. The number of rotatable bonds is 10. The number of nitrogens with one attached hydrogen (secondary N) is 1. The third-order valence-electron chi connectivity index (χ3n) is 4.31. The van der Waals surface area contributed by atoms with E-state index in [1.807, 2.05) is 36.4 Å². The van der Waals surface area contributed by atoms with E-state index in [2.05, 4.69) is 29.6 Å². The summed E-state index contributed by atoms with van der Waals surface area (Å²) >= 11 is 0. The summed E-state index contributed by atoms with van der Waals surface area (Å²) in [4.78, 5) is 12.3. The number of carbonyl (C=O) groups excluding carboxylic acids is 1. The lowest BCUT2D eigenvalue weighted by Crippen LogP contribution is -2.39. The van der Waals surface area contributed by atoms with Crippen molar-refractivity contribution >= 4 is 5.91 Å². The topological polar surface area (TPSA) is 81.1 Å². The van der Waals surface area contributed by atoms with Crippen LogP contribution in [0.5, 0.6) is 0 Å². The van der Waals surface area contributed by atoms with Gasteiger partial charge in [0.1, 0.15) is 0 Å². The van der Waals surface area contributed by atoms with Gasteiger partial charge in [-0.1, -0.05) is 60.7 Å². The van der Waals surface area contributed by atoms with Crippen LogP contribution in [0.3, 0.4) is 0 Å². The van der Waals surface area contributed by atoms with E-state index in [1.54, 1.807) is 0 Å². The molecule has 0 bridgehead atoms. The van der Waals surface area contributed by atoms with Crippen molar-refractivity contribution < 1.29 is 4.79 Å². The Labute approximate surface area is 150 Å². The van der Waals surface area contributed by atoms with Crippen LogP contribution in [0.1, 0.15) is 24.0 Å². The highest BCUT2D eigenvalue weighted by Gasteiger charge is 2.16. The summed E-state index contributed by atoms with van der Waals surface area (Å²) in [5.41, 5.74) is 13.9. The molecule has 0 spiro atoms. The molecule has 4 nitrogen and oxygen atoms in total. The summed E-state index contributed by atoms with van der Waals surface area (Å²) in [6, 6.07) is 20.6. The van der Waals surface area contributed by atoms with Crippen LogP contribution in [0.4, 0.5) is 0 Å². The summed E-state index contributed by atoms with van der Waals surface area (Å²) in [7, 11) is 0. The van der Waals surface area contributed by atoms with Crippen LogP contribution in [0.2, 0.25) is 0 Å². The van der Waals surface area contributed by atoms with E-state index in [4.69, 9.17) is 11.5 Å². The van der Waals surface area contributed by atoms with Gasteiger partial charge in [-0.05, 0) is 42.9 Å². The Hall–Kier alpha value is -2.17. The number of carbonyl (C=O) groups is 1. The van der Waals surface area contributed by atoms with Crippen LogP contribution in [-0.4, -0.2) is 25.0 Å². The zero-order chi connectivity index (χ0) is 17.9. The van der Waals surface area contributed by atoms with Crippen molar-refractivity contribution in [2.75, 3.05) is 13.1 Å². The van der Waals surface area contributed by atoms with Crippen LogP contribution in [0.25, 0.3) is 0 Å². The normalized spacial score (nSPS) is 12.1. The highest BCUT2D eigenvalue weighted by molar-refractivity contribution is 5.76. The van der Waals surface area contributed by atoms with Crippen molar-refractivity contribution in [3.05, 3.63) is 71.8 Å². The lowest BCUT2D eigenvalue weighted by molar-refractivity contribution is -0.122. The smallest absolute Gasteiger partial charge is 0.220 e. The maximum atomic E-state index is 12.3. The number of hydrogen-bond acceptors (Lipinski definition) is 3. The molecule has 0 heterocycles. The Morgan fingerprint density at radius 1 is 0.920 bits per heavy atom. The molecule has 0 aromatic heterocycles. The first-order chi connectivity index (χ1) is 12.2. The number of nitrogens with two attached hydrogens (primary N) is 2. The molecular weight excluding hydrogens is 310 g/mol.